The van der Waals surface area contributed by atoms with Crippen LogP contribution in [0.4, 0.5) is 22.3 Å². The second kappa shape index (κ2) is 11.0. The number of aryl methyl sites for hydroxylation is 1. The van der Waals surface area contributed by atoms with E-state index in [1.165, 1.54) is 24.5 Å². The van der Waals surface area contributed by atoms with Gasteiger partial charge < -0.3 is 35.1 Å². The maximum Gasteiger partial charge on any atom is 0.272 e. The molecule has 0 atom stereocenters. The summed E-state index contributed by atoms with van der Waals surface area (Å²) in [5.41, 5.74) is 9.08. The number of benzene rings is 2. The first-order valence-electron chi connectivity index (χ1n) is 11.1. The van der Waals surface area contributed by atoms with Gasteiger partial charge in [0, 0.05) is 29.1 Å². The summed E-state index contributed by atoms with van der Waals surface area (Å²) in [4.78, 5) is 21.4. The van der Waals surface area contributed by atoms with Crippen molar-refractivity contribution in [1.29, 1.82) is 0 Å². The Morgan fingerprint density at radius 2 is 1.78 bits per heavy atom. The first-order valence-corrected chi connectivity index (χ1v) is 11.9. The molecule has 4 aromatic rings. The minimum Gasteiger partial charge on any atom is -0.493 e. The van der Waals surface area contributed by atoms with Crippen LogP contribution in [-0.2, 0) is 4.79 Å². The van der Waals surface area contributed by atoms with Crippen molar-refractivity contribution in [2.75, 3.05) is 37.7 Å². The van der Waals surface area contributed by atoms with Gasteiger partial charge in [-0.25, -0.2) is 4.98 Å². The van der Waals surface area contributed by atoms with Crippen LogP contribution in [0, 0.1) is 6.92 Å². The Kier molecular flexibility index (Phi) is 7.58. The van der Waals surface area contributed by atoms with E-state index in [2.05, 4.69) is 25.8 Å². The number of hydrogen-bond donors (Lipinski definition) is 3. The minimum atomic E-state index is -0.226. The van der Waals surface area contributed by atoms with E-state index < -0.39 is 0 Å². The Morgan fingerprint density at radius 1 is 1.05 bits per heavy atom. The molecule has 11 nitrogen and oxygen atoms in total. The molecule has 0 radical (unpaired) electrons. The number of allylic oxidation sites excluding steroid dienone is 1. The van der Waals surface area contributed by atoms with E-state index in [0.29, 0.717) is 50.0 Å². The van der Waals surface area contributed by atoms with Gasteiger partial charge in [-0.15, -0.1) is 0 Å². The molecular weight excluding hydrogens is 496 g/mol. The summed E-state index contributed by atoms with van der Waals surface area (Å²) in [6.45, 7) is 3.70. The molecule has 0 aliphatic heterocycles. The third kappa shape index (κ3) is 5.48. The SMILES string of the molecule is C/C=C/C(=O)Nc1ccc(C)c(-c2noc(-c3sc(Nc4cc(OC)c(OC)c(OC)c4)nc3N)n2)c1. The third-order valence-electron chi connectivity index (χ3n) is 5.25. The normalized spacial score (nSPS) is 10.9. The number of ether oxygens (including phenoxy) is 3. The lowest BCUT2D eigenvalue weighted by Gasteiger charge is -2.14. The van der Waals surface area contributed by atoms with E-state index in [4.69, 9.17) is 24.5 Å². The molecular formula is C25H26N6O5S. The van der Waals surface area contributed by atoms with Crippen molar-refractivity contribution in [3.63, 3.8) is 0 Å². The molecule has 0 unspecified atom stereocenters. The molecule has 0 aliphatic carbocycles. The van der Waals surface area contributed by atoms with Gasteiger partial charge in [0.1, 0.15) is 10.7 Å². The summed E-state index contributed by atoms with van der Waals surface area (Å²) in [6.07, 6.45) is 3.11. The van der Waals surface area contributed by atoms with E-state index in [0.717, 1.165) is 5.56 Å². The van der Waals surface area contributed by atoms with Crippen molar-refractivity contribution in [2.45, 2.75) is 13.8 Å². The maximum atomic E-state index is 11.9. The van der Waals surface area contributed by atoms with Crippen LogP contribution in [-0.4, -0.2) is 42.4 Å². The predicted molar refractivity (Wildman–Crippen MR) is 143 cm³/mol. The molecule has 0 fully saturated rings. The fourth-order valence-electron chi connectivity index (χ4n) is 3.52. The number of carbonyl (C=O) groups excluding carboxylic acids is 1. The molecule has 0 saturated carbocycles. The molecule has 2 heterocycles. The van der Waals surface area contributed by atoms with Crippen molar-refractivity contribution >= 4 is 39.6 Å². The van der Waals surface area contributed by atoms with E-state index in [1.54, 1.807) is 45.4 Å². The Hall–Kier alpha value is -4.58. The molecule has 4 rings (SSSR count). The van der Waals surface area contributed by atoms with Crippen LogP contribution in [0.1, 0.15) is 12.5 Å². The van der Waals surface area contributed by atoms with E-state index >= 15 is 0 Å². The zero-order chi connectivity index (χ0) is 26.5. The Bertz CT molecular complexity index is 1440. The number of amides is 1. The van der Waals surface area contributed by atoms with Crippen LogP contribution in [0.3, 0.4) is 0 Å². The fourth-order valence-corrected chi connectivity index (χ4v) is 4.34. The molecule has 0 bridgehead atoms. The fraction of sp³-hybridized carbons (Fsp3) is 0.200. The number of nitrogens with one attached hydrogen (secondary N) is 2. The average Bonchev–Trinajstić information content (AvgIpc) is 3.51. The molecule has 0 spiro atoms. The largest absolute Gasteiger partial charge is 0.493 e. The highest BCUT2D eigenvalue weighted by molar-refractivity contribution is 7.19. The standard InChI is InChI=1S/C25H26N6O5S/c1-6-7-19(32)27-14-9-8-13(2)16(10-14)23-30-24(36-31-23)21-22(26)29-25(37-21)28-15-11-17(33-3)20(35-5)18(12-15)34-4/h6-12H,26H2,1-5H3,(H,27,32)(H,28,29)/b7-6+. The molecule has 4 N–H and O–H groups in total. The summed E-state index contributed by atoms with van der Waals surface area (Å²) in [5.74, 6) is 2.07. The number of thiazole rings is 1. The number of nitrogens with two attached hydrogens (primary N) is 1. The number of hydrogen-bond acceptors (Lipinski definition) is 11. The summed E-state index contributed by atoms with van der Waals surface area (Å²) in [7, 11) is 4.63. The van der Waals surface area contributed by atoms with Gasteiger partial charge in [-0.1, -0.05) is 28.6 Å². The smallest absolute Gasteiger partial charge is 0.272 e. The number of nitrogen functional groups attached to an aromatic ring is 1. The summed E-state index contributed by atoms with van der Waals surface area (Å²) in [6, 6.07) is 8.99. The highest BCUT2D eigenvalue weighted by atomic mass is 32.1. The zero-order valence-electron chi connectivity index (χ0n) is 20.9. The lowest BCUT2D eigenvalue weighted by molar-refractivity contribution is -0.111. The number of rotatable bonds is 9. The molecule has 0 saturated heterocycles. The summed E-state index contributed by atoms with van der Waals surface area (Å²) >= 11 is 1.25. The van der Waals surface area contributed by atoms with Crippen LogP contribution in [0.2, 0.25) is 0 Å². The first-order chi connectivity index (χ1) is 17.9. The number of anilines is 4. The van der Waals surface area contributed by atoms with Gasteiger partial charge in [0.25, 0.3) is 5.89 Å². The molecule has 12 heteroatoms. The molecule has 37 heavy (non-hydrogen) atoms. The van der Waals surface area contributed by atoms with Crippen molar-refractivity contribution in [3.8, 4) is 39.4 Å². The van der Waals surface area contributed by atoms with Gasteiger partial charge in [-0.05, 0) is 37.6 Å². The zero-order valence-corrected chi connectivity index (χ0v) is 21.7. The molecule has 0 aliphatic rings. The quantitative estimate of drug-likeness (QED) is 0.256. The Morgan fingerprint density at radius 3 is 2.43 bits per heavy atom. The van der Waals surface area contributed by atoms with Crippen LogP contribution in [0.15, 0.2) is 47.0 Å². The molecule has 1 amide bonds. The lowest BCUT2D eigenvalue weighted by atomic mass is 10.1. The highest BCUT2D eigenvalue weighted by Crippen LogP contribution is 2.42. The number of nitrogens with zero attached hydrogens (tertiary/aromatic N) is 3. The van der Waals surface area contributed by atoms with Crippen LogP contribution >= 0.6 is 11.3 Å². The first kappa shape index (κ1) is 25.5. The number of carbonyl (C=O) groups is 1. The van der Waals surface area contributed by atoms with Crippen LogP contribution < -0.4 is 30.6 Å². The Balaban J connectivity index is 1.60. The minimum absolute atomic E-state index is 0.226. The van der Waals surface area contributed by atoms with E-state index in [9.17, 15) is 4.79 Å². The van der Waals surface area contributed by atoms with Crippen LogP contribution in [0.25, 0.3) is 22.2 Å². The maximum absolute atomic E-state index is 11.9. The van der Waals surface area contributed by atoms with Gasteiger partial charge in [0.05, 0.1) is 21.3 Å². The van der Waals surface area contributed by atoms with Crippen LogP contribution in [0.5, 0.6) is 17.2 Å². The molecule has 2 aromatic heterocycles. The van der Waals surface area contributed by atoms with Gasteiger partial charge in [-0.2, -0.15) is 4.98 Å². The van der Waals surface area contributed by atoms with Gasteiger partial charge in [0.15, 0.2) is 16.6 Å². The van der Waals surface area contributed by atoms with Crippen molar-refractivity contribution < 1.29 is 23.5 Å². The highest BCUT2D eigenvalue weighted by Gasteiger charge is 2.20. The third-order valence-corrected chi connectivity index (χ3v) is 6.23. The topological polar surface area (TPSA) is 147 Å². The number of methoxy groups -OCH3 is 3. The molecule has 192 valence electrons. The second-order valence-electron chi connectivity index (χ2n) is 7.71. The van der Waals surface area contributed by atoms with Gasteiger partial charge >= 0.3 is 0 Å². The Labute approximate surface area is 217 Å². The average molecular weight is 523 g/mol. The molecule has 2 aromatic carbocycles. The van der Waals surface area contributed by atoms with E-state index in [-0.39, 0.29) is 17.6 Å². The van der Waals surface area contributed by atoms with Gasteiger partial charge in [-0.3, -0.25) is 4.79 Å². The van der Waals surface area contributed by atoms with Crippen molar-refractivity contribution in [2.24, 2.45) is 0 Å². The van der Waals surface area contributed by atoms with E-state index in [1.807, 2.05) is 19.1 Å². The van der Waals surface area contributed by atoms with Crippen molar-refractivity contribution in [3.05, 3.63) is 48.0 Å². The van der Waals surface area contributed by atoms with Crippen molar-refractivity contribution in [1.82, 2.24) is 15.1 Å². The second-order valence-corrected chi connectivity index (χ2v) is 8.71. The lowest BCUT2D eigenvalue weighted by Crippen LogP contribution is -2.07. The summed E-state index contributed by atoms with van der Waals surface area (Å²) < 4.78 is 21.7. The summed E-state index contributed by atoms with van der Waals surface area (Å²) in [5, 5.41) is 10.6. The van der Waals surface area contributed by atoms with Gasteiger partial charge in [0.2, 0.25) is 17.5 Å². The predicted octanol–water partition coefficient (Wildman–Crippen LogP) is 5.03. The number of aromatic nitrogens is 3. The monoisotopic (exact) mass is 522 g/mol.